The van der Waals surface area contributed by atoms with E-state index >= 15 is 0 Å². The molecular formula is C17H14Cl2N4OS. The molecule has 2 aromatic carbocycles. The lowest BCUT2D eigenvalue weighted by atomic mass is 10.2. The maximum atomic E-state index is 6.17. The summed E-state index contributed by atoms with van der Waals surface area (Å²) < 4.78 is 5.87. The Balaban J connectivity index is 1.70. The van der Waals surface area contributed by atoms with Gasteiger partial charge in [0.1, 0.15) is 18.2 Å². The average molecular weight is 393 g/mol. The number of ether oxygens (including phenoxy) is 1. The summed E-state index contributed by atoms with van der Waals surface area (Å²) in [6.07, 6.45) is 1.65. The van der Waals surface area contributed by atoms with Crippen LogP contribution in [0, 0.1) is 0 Å². The van der Waals surface area contributed by atoms with Crippen LogP contribution in [-0.4, -0.2) is 11.2 Å². The first-order chi connectivity index (χ1) is 12.1. The lowest BCUT2D eigenvalue weighted by Gasteiger charge is -2.11. The van der Waals surface area contributed by atoms with Crippen LogP contribution in [-0.2, 0) is 6.61 Å². The molecule has 0 spiro atoms. The zero-order valence-electron chi connectivity index (χ0n) is 12.9. The Hall–Kier alpha value is -2.28. The van der Waals surface area contributed by atoms with Gasteiger partial charge in [0.25, 0.3) is 0 Å². The van der Waals surface area contributed by atoms with E-state index in [9.17, 15) is 0 Å². The molecule has 3 rings (SSSR count). The van der Waals surface area contributed by atoms with E-state index < -0.39 is 0 Å². The van der Waals surface area contributed by atoms with Gasteiger partial charge in [0, 0.05) is 26.6 Å². The molecule has 1 aromatic heterocycles. The standard InChI is InChI=1S/C17H14Cl2N4OS/c18-13-5-3-6-14(19)12(13)9-24-15-7-2-1-4-11(15)8-21-23-17-22-16(20)10-25-17/h1-8,10H,9,20H2,(H,22,23). The van der Waals surface area contributed by atoms with Gasteiger partial charge in [0.05, 0.1) is 6.21 Å². The van der Waals surface area contributed by atoms with E-state index in [2.05, 4.69) is 15.5 Å². The maximum absolute atomic E-state index is 6.17. The highest BCUT2D eigenvalue weighted by Crippen LogP contribution is 2.26. The number of aromatic nitrogens is 1. The molecule has 3 N–H and O–H groups in total. The van der Waals surface area contributed by atoms with Crippen molar-refractivity contribution in [1.29, 1.82) is 0 Å². The number of anilines is 2. The summed E-state index contributed by atoms with van der Waals surface area (Å²) in [6, 6.07) is 12.9. The van der Waals surface area contributed by atoms with E-state index in [1.807, 2.05) is 24.3 Å². The van der Waals surface area contributed by atoms with Gasteiger partial charge in [-0.25, -0.2) is 4.98 Å². The van der Waals surface area contributed by atoms with Crippen LogP contribution < -0.4 is 15.9 Å². The number of nitrogens with two attached hydrogens (primary N) is 1. The lowest BCUT2D eigenvalue weighted by molar-refractivity contribution is 0.306. The Kier molecular flexibility index (Phi) is 5.75. The fraction of sp³-hybridized carbons (Fsp3) is 0.0588. The van der Waals surface area contributed by atoms with Crippen LogP contribution in [0.4, 0.5) is 10.9 Å². The third-order valence-corrected chi connectivity index (χ3v) is 4.71. The van der Waals surface area contributed by atoms with Crippen molar-refractivity contribution in [3.63, 3.8) is 0 Å². The number of benzene rings is 2. The van der Waals surface area contributed by atoms with Gasteiger partial charge in [-0.1, -0.05) is 41.4 Å². The van der Waals surface area contributed by atoms with Crippen LogP contribution in [0.2, 0.25) is 10.0 Å². The van der Waals surface area contributed by atoms with Crippen LogP contribution in [0.5, 0.6) is 5.75 Å². The summed E-state index contributed by atoms with van der Waals surface area (Å²) >= 11 is 13.7. The molecule has 0 atom stereocenters. The normalized spacial score (nSPS) is 11.0. The van der Waals surface area contributed by atoms with Crippen LogP contribution in [0.3, 0.4) is 0 Å². The molecule has 128 valence electrons. The lowest BCUT2D eigenvalue weighted by Crippen LogP contribution is -2.00. The van der Waals surface area contributed by atoms with Crippen LogP contribution in [0.1, 0.15) is 11.1 Å². The summed E-state index contributed by atoms with van der Waals surface area (Å²) in [5, 5.41) is 7.66. The first-order valence-electron chi connectivity index (χ1n) is 7.28. The van der Waals surface area contributed by atoms with Gasteiger partial charge in [-0.05, 0) is 24.3 Å². The van der Waals surface area contributed by atoms with Crippen molar-refractivity contribution in [1.82, 2.24) is 4.98 Å². The highest BCUT2D eigenvalue weighted by molar-refractivity contribution is 7.14. The number of rotatable bonds is 6. The van der Waals surface area contributed by atoms with Crippen LogP contribution >= 0.6 is 34.5 Å². The van der Waals surface area contributed by atoms with Crippen molar-refractivity contribution >= 4 is 51.7 Å². The maximum Gasteiger partial charge on any atom is 0.205 e. The van der Waals surface area contributed by atoms with Gasteiger partial charge in [-0.2, -0.15) is 5.10 Å². The summed E-state index contributed by atoms with van der Waals surface area (Å²) in [5.74, 6) is 1.13. The molecule has 5 nitrogen and oxygen atoms in total. The number of thiazole rings is 1. The van der Waals surface area contributed by atoms with Gasteiger partial charge in [0.15, 0.2) is 0 Å². The highest BCUT2D eigenvalue weighted by atomic mass is 35.5. The van der Waals surface area contributed by atoms with E-state index in [1.165, 1.54) is 11.3 Å². The molecule has 0 aliphatic heterocycles. The largest absolute Gasteiger partial charge is 0.488 e. The molecule has 0 bridgehead atoms. The predicted octanol–water partition coefficient (Wildman–Crippen LogP) is 5.06. The van der Waals surface area contributed by atoms with Gasteiger partial charge in [-0.3, -0.25) is 5.43 Å². The Morgan fingerprint density at radius 2 is 1.92 bits per heavy atom. The third kappa shape index (κ3) is 4.63. The molecule has 0 saturated carbocycles. The molecule has 8 heteroatoms. The van der Waals surface area contributed by atoms with Crippen molar-refractivity contribution in [2.24, 2.45) is 5.10 Å². The minimum Gasteiger partial charge on any atom is -0.488 e. The molecular weight excluding hydrogens is 379 g/mol. The first-order valence-corrected chi connectivity index (χ1v) is 8.92. The van der Waals surface area contributed by atoms with Crippen LogP contribution in [0.25, 0.3) is 0 Å². The second-order valence-corrected chi connectivity index (χ2v) is 6.65. The SMILES string of the molecule is Nc1csc(NN=Cc2ccccc2OCc2c(Cl)cccc2Cl)n1. The zero-order valence-corrected chi connectivity index (χ0v) is 15.3. The fourth-order valence-electron chi connectivity index (χ4n) is 2.03. The molecule has 25 heavy (non-hydrogen) atoms. The van der Waals surface area contributed by atoms with Gasteiger partial charge in [0.2, 0.25) is 5.13 Å². The number of hydrogen-bond acceptors (Lipinski definition) is 6. The molecule has 1 heterocycles. The number of hydrazone groups is 1. The molecule has 0 fully saturated rings. The van der Waals surface area contributed by atoms with E-state index in [0.29, 0.717) is 26.7 Å². The fourth-order valence-corrected chi connectivity index (χ4v) is 3.09. The first kappa shape index (κ1) is 17.5. The molecule has 0 aliphatic rings. The highest BCUT2D eigenvalue weighted by Gasteiger charge is 2.08. The number of hydrogen-bond donors (Lipinski definition) is 2. The van der Waals surface area contributed by atoms with Crippen molar-refractivity contribution in [2.45, 2.75) is 6.61 Å². The molecule has 3 aromatic rings. The Morgan fingerprint density at radius 1 is 1.16 bits per heavy atom. The van der Waals surface area contributed by atoms with E-state index in [0.717, 1.165) is 11.1 Å². The summed E-state index contributed by atoms with van der Waals surface area (Å²) in [4.78, 5) is 4.07. The van der Waals surface area contributed by atoms with Crippen molar-refractivity contribution in [2.75, 3.05) is 11.2 Å². The smallest absolute Gasteiger partial charge is 0.205 e. The molecule has 0 aliphatic carbocycles. The van der Waals surface area contributed by atoms with Gasteiger partial charge < -0.3 is 10.5 Å². The van der Waals surface area contributed by atoms with Gasteiger partial charge in [-0.15, -0.1) is 11.3 Å². The van der Waals surface area contributed by atoms with Crippen LogP contribution in [0.15, 0.2) is 52.9 Å². The van der Waals surface area contributed by atoms with Crippen molar-refractivity contribution in [3.05, 3.63) is 69.0 Å². The zero-order chi connectivity index (χ0) is 17.6. The Bertz CT molecular complexity index is 878. The minimum absolute atomic E-state index is 0.264. The minimum atomic E-state index is 0.264. The Labute approximate surface area is 159 Å². The summed E-state index contributed by atoms with van der Waals surface area (Å²) in [7, 11) is 0. The molecule has 0 unspecified atom stereocenters. The quantitative estimate of drug-likeness (QED) is 0.454. The number of para-hydroxylation sites is 1. The number of nitrogens with one attached hydrogen (secondary N) is 1. The number of nitrogen functional groups attached to an aromatic ring is 1. The second kappa shape index (κ2) is 8.20. The summed E-state index contributed by atoms with van der Waals surface area (Å²) in [6.45, 7) is 0.264. The molecule has 0 amide bonds. The topological polar surface area (TPSA) is 72.5 Å². The molecule has 0 radical (unpaired) electrons. The predicted molar refractivity (Wildman–Crippen MR) is 105 cm³/mol. The number of nitrogens with zero attached hydrogens (tertiary/aromatic N) is 2. The number of halogens is 2. The third-order valence-electron chi connectivity index (χ3n) is 3.24. The van der Waals surface area contributed by atoms with Crippen molar-refractivity contribution in [3.8, 4) is 5.75 Å². The average Bonchev–Trinajstić information content (AvgIpc) is 3.01. The van der Waals surface area contributed by atoms with E-state index in [1.54, 1.807) is 29.8 Å². The van der Waals surface area contributed by atoms with Gasteiger partial charge >= 0.3 is 0 Å². The van der Waals surface area contributed by atoms with Crippen molar-refractivity contribution < 1.29 is 4.74 Å². The second-order valence-electron chi connectivity index (χ2n) is 4.97. The summed E-state index contributed by atoms with van der Waals surface area (Å²) in [5.41, 5.74) is 9.96. The monoisotopic (exact) mass is 392 g/mol. The Morgan fingerprint density at radius 3 is 2.64 bits per heavy atom. The molecule has 0 saturated heterocycles. The van der Waals surface area contributed by atoms with E-state index in [4.69, 9.17) is 33.7 Å². The van der Waals surface area contributed by atoms with E-state index in [-0.39, 0.29) is 6.61 Å².